The fourth-order valence-corrected chi connectivity index (χ4v) is 17.4. The number of halogens is 1. The topological polar surface area (TPSA) is 0 Å². The van der Waals surface area contributed by atoms with Gasteiger partial charge in [0.25, 0.3) is 0 Å². The molecule has 2 aromatic rings. The van der Waals surface area contributed by atoms with Gasteiger partial charge in [0.2, 0.25) is 4.28 Å². The molecule has 2 rings (SSSR count). The van der Waals surface area contributed by atoms with Crippen molar-refractivity contribution >= 4 is 57.1 Å². The summed E-state index contributed by atoms with van der Waals surface area (Å²) in [5.74, 6) is 0. The summed E-state index contributed by atoms with van der Waals surface area (Å²) in [6.07, 6.45) is 0.950. The van der Waals surface area contributed by atoms with Crippen LogP contribution in [-0.2, 0) is 11.8 Å². The number of benzene rings is 2. The maximum Gasteiger partial charge on any atom is 0.225 e. The smallest absolute Gasteiger partial charge is 0.0877 e. The largest absolute Gasteiger partial charge is 0.225 e. The van der Waals surface area contributed by atoms with E-state index in [1.165, 1.54) is 10.6 Å². The lowest BCUT2D eigenvalue weighted by Gasteiger charge is -2.29. The Morgan fingerprint density at radius 3 is 1.63 bits per heavy atom. The molecule has 0 aliphatic heterocycles. The Labute approximate surface area is 130 Å². The minimum Gasteiger partial charge on any atom is -0.0877 e. The van der Waals surface area contributed by atoms with Crippen LogP contribution >= 0.6 is 34.7 Å². The molecule has 0 aliphatic rings. The van der Waals surface area contributed by atoms with E-state index in [4.69, 9.17) is 23.0 Å². The Balaban J connectivity index is 2.74. The van der Waals surface area contributed by atoms with Gasteiger partial charge in [-0.2, -0.15) is 0 Å². The number of hydrogen-bond acceptors (Lipinski definition) is 1. The van der Waals surface area contributed by atoms with E-state index < -0.39 is 11.2 Å². The maximum atomic E-state index is 6.66. The van der Waals surface area contributed by atoms with Crippen molar-refractivity contribution in [3.63, 3.8) is 0 Å². The molecule has 0 saturated carbocycles. The second kappa shape index (κ2) is 6.29. The van der Waals surface area contributed by atoms with Crippen LogP contribution in [0.5, 0.6) is 0 Å². The predicted molar refractivity (Wildman–Crippen MR) is 98.7 cm³/mol. The molecule has 0 fully saturated rings. The highest BCUT2D eigenvalue weighted by atomic mass is 35.7. The fourth-order valence-electron chi connectivity index (χ4n) is 2.32. The molecule has 1 unspecified atom stereocenters. The van der Waals surface area contributed by atoms with Gasteiger partial charge in [-0.15, -0.1) is 0 Å². The van der Waals surface area contributed by atoms with Crippen LogP contribution in [0.3, 0.4) is 0 Å². The first-order chi connectivity index (χ1) is 9.02. The van der Waals surface area contributed by atoms with Crippen molar-refractivity contribution < 1.29 is 0 Å². The molecule has 100 valence electrons. The summed E-state index contributed by atoms with van der Waals surface area (Å²) in [5, 5.41) is 2.52. The first-order valence-electron chi connectivity index (χ1n) is 6.04. The molecule has 19 heavy (non-hydrogen) atoms. The third kappa shape index (κ3) is 2.94. The lowest BCUT2D eigenvalue weighted by molar-refractivity contribution is 1.50. The summed E-state index contributed by atoms with van der Waals surface area (Å²) >= 11 is 17.0. The van der Waals surface area contributed by atoms with Crippen LogP contribution in [-0.4, -0.2) is 6.16 Å². The molecule has 1 atom stereocenters. The Hall–Kier alpha value is 0.160. The van der Waals surface area contributed by atoms with Gasteiger partial charge in [-0.1, -0.05) is 48.6 Å². The fraction of sp³-hybridized carbons (Fsp3) is 0.143. The van der Waals surface area contributed by atoms with Gasteiger partial charge in [0.1, 0.15) is 17.6 Å². The van der Waals surface area contributed by atoms with Crippen molar-refractivity contribution in [2.24, 2.45) is 0 Å². The molecule has 0 nitrogen and oxygen atoms in total. The third-order valence-corrected chi connectivity index (χ3v) is 19.6. The minimum absolute atomic E-state index is 0.950. The molecule has 0 aliphatic carbocycles. The van der Waals surface area contributed by atoms with E-state index in [1.807, 2.05) is 12.1 Å². The van der Waals surface area contributed by atoms with E-state index in [-0.39, 0.29) is 0 Å². The van der Waals surface area contributed by atoms with Crippen LogP contribution < -0.4 is 10.6 Å². The Morgan fingerprint density at radius 2 is 1.37 bits per heavy atom. The second-order valence-corrected chi connectivity index (χ2v) is 21.8. The molecule has 0 amide bonds. The van der Waals surface area contributed by atoms with Gasteiger partial charge in [0.05, 0.1) is 6.16 Å². The zero-order valence-electron chi connectivity index (χ0n) is 10.6. The van der Waals surface area contributed by atoms with Gasteiger partial charge in [-0.05, 0) is 54.2 Å². The number of thiol groups is 1. The number of rotatable bonds is 4. The molecular weight excluding hydrogens is 330 g/mol. The van der Waals surface area contributed by atoms with Crippen molar-refractivity contribution in [3.05, 3.63) is 60.7 Å². The van der Waals surface area contributed by atoms with Crippen molar-refractivity contribution in [2.45, 2.75) is 6.92 Å². The van der Waals surface area contributed by atoms with Gasteiger partial charge in [-0.3, -0.25) is 0 Å². The molecule has 2 aromatic carbocycles. The van der Waals surface area contributed by atoms with Crippen molar-refractivity contribution in [3.8, 4) is 0 Å². The van der Waals surface area contributed by atoms with E-state index in [9.17, 15) is 0 Å². The second-order valence-electron chi connectivity index (χ2n) is 4.23. The van der Waals surface area contributed by atoms with E-state index >= 15 is 0 Å². The summed E-state index contributed by atoms with van der Waals surface area (Å²) in [7, 11) is 0. The summed E-state index contributed by atoms with van der Waals surface area (Å²) in [6.45, 7) is 0.364. The van der Waals surface area contributed by atoms with Crippen LogP contribution in [0.2, 0.25) is 0 Å². The highest BCUT2D eigenvalue weighted by Gasteiger charge is 2.51. The van der Waals surface area contributed by atoms with Crippen LogP contribution in [0.1, 0.15) is 6.92 Å². The SMILES string of the molecule is CC[P+](c1ccccc1)(c1ccccc1)P(=S)(S)Cl. The quantitative estimate of drug-likeness (QED) is 0.596. The standard InChI is InChI=1S/C14H15ClP2S2/c1-2-16(17(15,18)19,13-9-5-3-6-10-13)14-11-7-4-8-12-14/h3-12H,2H2,1H3/p+1. The molecule has 0 aromatic heterocycles. The Bertz CT molecular complexity index is 541. The lowest BCUT2D eigenvalue weighted by atomic mass is 10.4. The molecule has 5 heteroatoms. The molecule has 0 saturated heterocycles. The van der Waals surface area contributed by atoms with Gasteiger partial charge < -0.3 is 0 Å². The molecular formula is C14H16ClP2S2+. The zero-order chi connectivity index (χ0) is 13.9. The van der Waals surface area contributed by atoms with Gasteiger partial charge >= 0.3 is 0 Å². The zero-order valence-corrected chi connectivity index (χ0v) is 14.9. The monoisotopic (exact) mass is 345 g/mol. The van der Waals surface area contributed by atoms with Gasteiger partial charge in [-0.25, -0.2) is 0 Å². The number of hydrogen-bond donors (Lipinski definition) is 1. The first-order valence-corrected chi connectivity index (χ1v) is 13.6. The summed E-state index contributed by atoms with van der Waals surface area (Å²) < 4.78 is -2.24. The molecule has 0 N–H and O–H groups in total. The summed E-state index contributed by atoms with van der Waals surface area (Å²) in [6, 6.07) is 20.8. The molecule has 0 bridgehead atoms. The van der Waals surface area contributed by atoms with Crippen LogP contribution in [0, 0.1) is 0 Å². The van der Waals surface area contributed by atoms with Gasteiger partial charge in [0.15, 0.2) is 0 Å². The lowest BCUT2D eigenvalue weighted by Crippen LogP contribution is -2.21. The van der Waals surface area contributed by atoms with Gasteiger partial charge in [0, 0.05) is 0 Å². The summed E-state index contributed by atoms with van der Waals surface area (Å²) in [4.78, 5) is 0. The minimum atomic E-state index is -2.24. The van der Waals surface area contributed by atoms with Crippen molar-refractivity contribution in [2.75, 3.05) is 6.16 Å². The molecule has 0 radical (unpaired) electrons. The average Bonchev–Trinajstić information content (AvgIpc) is 2.41. The van der Waals surface area contributed by atoms with E-state index in [1.54, 1.807) is 0 Å². The highest BCUT2D eigenvalue weighted by molar-refractivity contribution is 8.97. The predicted octanol–water partition coefficient (Wildman–Crippen LogP) is 5.07. The van der Waals surface area contributed by atoms with Crippen LogP contribution in [0.25, 0.3) is 0 Å². The van der Waals surface area contributed by atoms with E-state index in [0.717, 1.165) is 6.16 Å². The van der Waals surface area contributed by atoms with E-state index in [2.05, 4.69) is 67.7 Å². The summed E-state index contributed by atoms with van der Waals surface area (Å²) in [5.41, 5.74) is 0. The molecule has 0 spiro atoms. The molecule has 0 heterocycles. The Kier molecular flexibility index (Phi) is 5.15. The maximum absolute atomic E-state index is 6.66. The Morgan fingerprint density at radius 1 is 1.00 bits per heavy atom. The third-order valence-electron chi connectivity index (χ3n) is 3.25. The first kappa shape index (κ1) is 15.5. The van der Waals surface area contributed by atoms with Crippen LogP contribution in [0.4, 0.5) is 0 Å². The highest BCUT2D eigenvalue weighted by Crippen LogP contribution is 2.92. The van der Waals surface area contributed by atoms with Crippen molar-refractivity contribution in [1.29, 1.82) is 0 Å². The van der Waals surface area contributed by atoms with E-state index in [0.29, 0.717) is 0 Å². The van der Waals surface area contributed by atoms with Crippen molar-refractivity contribution in [1.82, 2.24) is 0 Å². The van der Waals surface area contributed by atoms with Crippen LogP contribution in [0.15, 0.2) is 60.7 Å². The average molecular weight is 346 g/mol. The normalized spacial score (nSPS) is 14.9.